The fourth-order valence-corrected chi connectivity index (χ4v) is 3.22. The van der Waals surface area contributed by atoms with Crippen LogP contribution in [0, 0.1) is 18.3 Å². The summed E-state index contributed by atoms with van der Waals surface area (Å²) >= 11 is 0. The maximum absolute atomic E-state index is 12.8. The van der Waals surface area contributed by atoms with Gasteiger partial charge in [-0.05, 0) is 25.8 Å². The fourth-order valence-electron chi connectivity index (χ4n) is 3.22. The van der Waals surface area contributed by atoms with Crippen LogP contribution in [-0.2, 0) is 4.79 Å². The van der Waals surface area contributed by atoms with Gasteiger partial charge in [-0.1, -0.05) is 0 Å². The summed E-state index contributed by atoms with van der Waals surface area (Å²) in [5.74, 6) is 2.37. The Balaban J connectivity index is 1.66. The number of hydrogen-bond donors (Lipinski definition) is 1. The van der Waals surface area contributed by atoms with Crippen molar-refractivity contribution < 1.29 is 18.0 Å². The largest absolute Gasteiger partial charge is 0.404 e. The monoisotopic (exact) mass is 344 g/mol. The van der Waals surface area contributed by atoms with Gasteiger partial charge in [0.05, 0.1) is 0 Å². The molecule has 8 heteroatoms. The van der Waals surface area contributed by atoms with Crippen molar-refractivity contribution in [1.82, 2.24) is 10.2 Å². The molecule has 2 rings (SSSR count). The number of carbonyl (C=O) groups is 1. The predicted octanol–water partition coefficient (Wildman–Crippen LogP) is 2.73. The van der Waals surface area contributed by atoms with Crippen molar-refractivity contribution in [1.29, 1.82) is 0 Å². The first-order valence-corrected chi connectivity index (χ1v) is 8.17. The van der Waals surface area contributed by atoms with Gasteiger partial charge in [-0.2, -0.15) is 23.4 Å². The third kappa shape index (κ3) is 5.20. The number of halogens is 3. The first-order chi connectivity index (χ1) is 11.3. The lowest BCUT2D eigenvalue weighted by Gasteiger charge is -2.37. The Hall–Kier alpha value is -1.62. The predicted molar refractivity (Wildman–Crippen MR) is 83.1 cm³/mol. The van der Waals surface area contributed by atoms with E-state index in [0.29, 0.717) is 32.2 Å². The minimum atomic E-state index is -4.20. The van der Waals surface area contributed by atoms with Crippen LogP contribution >= 0.6 is 0 Å². The van der Waals surface area contributed by atoms with E-state index in [1.807, 2.05) is 0 Å². The summed E-state index contributed by atoms with van der Waals surface area (Å²) in [5, 5.41) is 10.8. The maximum Gasteiger partial charge on any atom is 0.404 e. The zero-order valence-corrected chi connectivity index (χ0v) is 13.8. The van der Waals surface area contributed by atoms with Gasteiger partial charge in [0.25, 0.3) is 0 Å². The topological polar surface area (TPSA) is 57.1 Å². The van der Waals surface area contributed by atoms with Gasteiger partial charge < -0.3 is 5.32 Å². The Morgan fingerprint density at radius 2 is 2.08 bits per heavy atom. The van der Waals surface area contributed by atoms with Crippen molar-refractivity contribution >= 4 is 5.91 Å². The van der Waals surface area contributed by atoms with Crippen molar-refractivity contribution in [3.8, 4) is 12.3 Å². The molecule has 0 aliphatic carbocycles. The van der Waals surface area contributed by atoms with Gasteiger partial charge in [-0.25, -0.2) is 0 Å². The number of rotatable bonds is 7. The molecule has 0 saturated carbocycles. The highest BCUT2D eigenvalue weighted by atomic mass is 19.4. The zero-order chi connectivity index (χ0) is 17.8. The first-order valence-electron chi connectivity index (χ1n) is 8.17. The van der Waals surface area contributed by atoms with Crippen LogP contribution in [0.5, 0.6) is 0 Å². The van der Waals surface area contributed by atoms with Crippen molar-refractivity contribution in [2.24, 2.45) is 16.1 Å². The van der Waals surface area contributed by atoms with E-state index in [0.717, 1.165) is 0 Å². The van der Waals surface area contributed by atoms with Crippen LogP contribution in [0.1, 0.15) is 38.5 Å². The average molecular weight is 344 g/mol. The van der Waals surface area contributed by atoms with Gasteiger partial charge in [0.15, 0.2) is 5.66 Å². The van der Waals surface area contributed by atoms with Crippen LogP contribution in [-0.4, -0.2) is 48.8 Å². The van der Waals surface area contributed by atoms with Crippen LogP contribution in [0.25, 0.3) is 0 Å². The highest BCUT2D eigenvalue weighted by molar-refractivity contribution is 5.76. The van der Waals surface area contributed by atoms with Crippen molar-refractivity contribution in [2.45, 2.75) is 56.4 Å². The lowest BCUT2D eigenvalue weighted by Crippen LogP contribution is -2.49. The highest BCUT2D eigenvalue weighted by Gasteiger charge is 2.45. The lowest BCUT2D eigenvalue weighted by molar-refractivity contribution is -0.190. The third-order valence-corrected chi connectivity index (χ3v) is 4.68. The molecule has 0 spiro atoms. The van der Waals surface area contributed by atoms with Crippen LogP contribution in [0.2, 0.25) is 0 Å². The molecule has 0 aromatic rings. The highest BCUT2D eigenvalue weighted by Crippen LogP contribution is 2.36. The number of alkyl halides is 3. The van der Waals surface area contributed by atoms with E-state index in [-0.39, 0.29) is 31.2 Å². The molecule has 0 bridgehead atoms. The molecule has 24 heavy (non-hydrogen) atoms. The van der Waals surface area contributed by atoms with Crippen LogP contribution in [0.15, 0.2) is 10.2 Å². The summed E-state index contributed by atoms with van der Waals surface area (Å²) in [5.41, 5.74) is -0.426. The van der Waals surface area contributed by atoms with E-state index in [1.54, 1.807) is 0 Å². The number of hydrogen-bond acceptors (Lipinski definition) is 4. The molecule has 0 aromatic carbocycles. The minimum absolute atomic E-state index is 0.0423. The number of amides is 1. The summed E-state index contributed by atoms with van der Waals surface area (Å²) in [6, 6.07) is -1.40. The average Bonchev–Trinajstić information content (AvgIpc) is 3.24. The Bertz CT molecular complexity index is 520. The number of likely N-dealkylation sites (tertiary alicyclic amines) is 1. The van der Waals surface area contributed by atoms with Crippen molar-refractivity contribution in [3.05, 3.63) is 0 Å². The van der Waals surface area contributed by atoms with Crippen LogP contribution < -0.4 is 5.32 Å². The second-order valence-corrected chi connectivity index (χ2v) is 6.63. The number of nitrogens with one attached hydrogen (secondary N) is 1. The molecule has 0 radical (unpaired) electrons. The van der Waals surface area contributed by atoms with Gasteiger partial charge in [0, 0.05) is 38.8 Å². The molecule has 2 aliphatic rings. The van der Waals surface area contributed by atoms with Crippen LogP contribution in [0.3, 0.4) is 0 Å². The van der Waals surface area contributed by atoms with E-state index in [4.69, 9.17) is 6.42 Å². The van der Waals surface area contributed by atoms with Gasteiger partial charge in [0.2, 0.25) is 5.91 Å². The van der Waals surface area contributed by atoms with Gasteiger partial charge in [0.1, 0.15) is 6.04 Å². The molecule has 2 aliphatic heterocycles. The maximum atomic E-state index is 12.8. The van der Waals surface area contributed by atoms with E-state index in [1.165, 1.54) is 11.9 Å². The second kappa shape index (κ2) is 7.51. The molecule has 2 unspecified atom stereocenters. The van der Waals surface area contributed by atoms with Crippen molar-refractivity contribution in [3.63, 3.8) is 0 Å². The molecule has 1 fully saturated rings. The summed E-state index contributed by atoms with van der Waals surface area (Å²) in [6.45, 7) is 0.735. The Labute approximate surface area is 140 Å². The molecule has 1 N–H and O–H groups in total. The van der Waals surface area contributed by atoms with E-state index < -0.39 is 17.9 Å². The molecule has 2 heterocycles. The van der Waals surface area contributed by atoms with E-state index in [9.17, 15) is 18.0 Å². The summed E-state index contributed by atoms with van der Waals surface area (Å²) in [4.78, 5) is 13.3. The third-order valence-electron chi connectivity index (χ3n) is 4.68. The lowest BCUT2D eigenvalue weighted by atomic mass is 9.90. The van der Waals surface area contributed by atoms with Gasteiger partial charge >= 0.3 is 6.18 Å². The fraction of sp³-hybridized carbons (Fsp3) is 0.812. The molecular formula is C16H23F3N4O. The summed E-state index contributed by atoms with van der Waals surface area (Å²) in [6.07, 6.45) is 3.62. The second-order valence-electron chi connectivity index (χ2n) is 6.63. The van der Waals surface area contributed by atoms with E-state index in [2.05, 4.69) is 21.5 Å². The van der Waals surface area contributed by atoms with Gasteiger partial charge in [-0.3, -0.25) is 9.69 Å². The Kier molecular flexibility index (Phi) is 5.86. The number of terminal acetylenes is 1. The quantitative estimate of drug-likeness (QED) is 0.722. The molecule has 1 saturated heterocycles. The molecule has 0 aromatic heterocycles. The smallest absolute Gasteiger partial charge is 0.356 e. The number of nitrogens with zero attached hydrogens (tertiary/aromatic N) is 3. The number of piperidine rings is 1. The molecule has 134 valence electrons. The standard InChI is InChI=1S/C16H23F3N4O/c1-3-4-7-15(21-22-15)8-9-20-14(24)10-12-5-6-13(16(17,18)19)23(2)11-12/h1,12-13H,4-11H2,2H3,(H,20,24). The SMILES string of the molecule is C#CCCC1(CCNC(=O)CC2CCC(C(F)(F)F)N(C)C2)N=N1. The summed E-state index contributed by atoms with van der Waals surface area (Å²) in [7, 11) is 1.47. The Morgan fingerprint density at radius 3 is 2.62 bits per heavy atom. The van der Waals surface area contributed by atoms with Crippen LogP contribution in [0.4, 0.5) is 13.2 Å². The Morgan fingerprint density at radius 1 is 1.38 bits per heavy atom. The molecule has 1 amide bonds. The van der Waals surface area contributed by atoms with Crippen molar-refractivity contribution in [2.75, 3.05) is 20.1 Å². The number of carbonyl (C=O) groups excluding carboxylic acids is 1. The molecule has 2 atom stereocenters. The first kappa shape index (κ1) is 18.7. The molecular weight excluding hydrogens is 321 g/mol. The minimum Gasteiger partial charge on any atom is -0.356 e. The zero-order valence-electron chi connectivity index (χ0n) is 13.8. The van der Waals surface area contributed by atoms with E-state index >= 15 is 0 Å². The summed E-state index contributed by atoms with van der Waals surface area (Å²) < 4.78 is 38.4. The normalized spacial score (nSPS) is 26.0. The molecule has 5 nitrogen and oxygen atoms in total. The van der Waals surface area contributed by atoms with Gasteiger partial charge in [-0.15, -0.1) is 12.3 Å².